The lowest BCUT2D eigenvalue weighted by atomic mass is 10.4. The van der Waals surface area contributed by atoms with E-state index in [2.05, 4.69) is 15.2 Å². The van der Waals surface area contributed by atoms with E-state index in [0.29, 0.717) is 13.0 Å². The van der Waals surface area contributed by atoms with Crippen molar-refractivity contribution in [3.05, 3.63) is 12.4 Å². The Morgan fingerprint density at radius 2 is 2.54 bits per heavy atom. The Morgan fingerprint density at radius 1 is 1.77 bits per heavy atom. The van der Waals surface area contributed by atoms with Gasteiger partial charge in [-0.05, 0) is 0 Å². The van der Waals surface area contributed by atoms with Crippen LogP contribution in [0.1, 0.15) is 6.42 Å². The summed E-state index contributed by atoms with van der Waals surface area (Å²) in [6.45, 7) is 0.568. The summed E-state index contributed by atoms with van der Waals surface area (Å²) in [7, 11) is 3.22. The molecule has 0 aliphatic rings. The summed E-state index contributed by atoms with van der Waals surface area (Å²) >= 11 is 0. The minimum atomic E-state index is -0.212. The van der Waals surface area contributed by atoms with Crippen molar-refractivity contribution >= 4 is 11.7 Å². The van der Waals surface area contributed by atoms with Crippen LogP contribution >= 0.6 is 0 Å². The number of carbonyl (C=O) groups excluding carboxylic acids is 1. The number of aromatic nitrogens is 2. The van der Waals surface area contributed by atoms with Crippen LogP contribution in [0.15, 0.2) is 12.4 Å². The maximum atomic E-state index is 10.7. The van der Waals surface area contributed by atoms with Crippen molar-refractivity contribution < 1.29 is 9.53 Å². The average Bonchev–Trinajstić information content (AvgIpc) is 2.51. The lowest BCUT2D eigenvalue weighted by Crippen LogP contribution is -2.09. The molecule has 0 unspecified atom stereocenters. The molecule has 1 rings (SSSR count). The van der Waals surface area contributed by atoms with E-state index >= 15 is 0 Å². The highest BCUT2D eigenvalue weighted by Crippen LogP contribution is 2.02. The first-order chi connectivity index (χ1) is 6.22. The number of esters is 1. The van der Waals surface area contributed by atoms with Crippen molar-refractivity contribution in [2.75, 3.05) is 19.0 Å². The topological polar surface area (TPSA) is 56.1 Å². The highest BCUT2D eigenvalue weighted by molar-refractivity contribution is 5.69. The highest BCUT2D eigenvalue weighted by Gasteiger charge is 1.99. The van der Waals surface area contributed by atoms with E-state index < -0.39 is 0 Å². The summed E-state index contributed by atoms with van der Waals surface area (Å²) in [5, 5.41) is 7.02. The van der Waals surface area contributed by atoms with Crippen molar-refractivity contribution in [3.63, 3.8) is 0 Å². The summed E-state index contributed by atoms with van der Waals surface area (Å²) in [6, 6.07) is 0. The monoisotopic (exact) mass is 183 g/mol. The summed E-state index contributed by atoms with van der Waals surface area (Å²) < 4.78 is 6.19. The van der Waals surface area contributed by atoms with Gasteiger partial charge in [-0.3, -0.25) is 9.48 Å². The molecule has 1 heterocycles. The van der Waals surface area contributed by atoms with Gasteiger partial charge < -0.3 is 10.1 Å². The summed E-state index contributed by atoms with van der Waals surface area (Å²) in [4.78, 5) is 10.7. The van der Waals surface area contributed by atoms with Gasteiger partial charge in [-0.1, -0.05) is 0 Å². The third-order valence-electron chi connectivity index (χ3n) is 1.59. The fourth-order valence-corrected chi connectivity index (χ4v) is 0.923. The van der Waals surface area contributed by atoms with Crippen LogP contribution in [0.4, 0.5) is 5.69 Å². The van der Waals surface area contributed by atoms with Crippen molar-refractivity contribution in [1.82, 2.24) is 9.78 Å². The number of hydrogen-bond acceptors (Lipinski definition) is 4. The van der Waals surface area contributed by atoms with Gasteiger partial charge in [0.1, 0.15) is 0 Å². The molecule has 0 fully saturated rings. The molecule has 0 aliphatic carbocycles. The number of methoxy groups -OCH3 is 1. The van der Waals surface area contributed by atoms with Gasteiger partial charge in [0.25, 0.3) is 0 Å². The molecule has 1 N–H and O–H groups in total. The van der Waals surface area contributed by atoms with E-state index in [1.807, 2.05) is 13.2 Å². The van der Waals surface area contributed by atoms with Gasteiger partial charge in [-0.15, -0.1) is 0 Å². The molecular formula is C8H13N3O2. The summed E-state index contributed by atoms with van der Waals surface area (Å²) in [6.07, 6.45) is 3.92. The first kappa shape index (κ1) is 9.57. The van der Waals surface area contributed by atoms with Gasteiger partial charge in [0.15, 0.2) is 0 Å². The quantitative estimate of drug-likeness (QED) is 0.686. The third-order valence-corrected chi connectivity index (χ3v) is 1.59. The Bertz CT molecular complexity index is 283. The minimum Gasteiger partial charge on any atom is -0.469 e. The van der Waals surface area contributed by atoms with E-state index in [0.717, 1.165) is 5.69 Å². The number of nitrogens with one attached hydrogen (secondary N) is 1. The van der Waals surface area contributed by atoms with E-state index in [1.165, 1.54) is 7.11 Å². The van der Waals surface area contributed by atoms with Crippen LogP contribution in [0.5, 0.6) is 0 Å². The molecule has 0 aromatic carbocycles. The molecular weight excluding hydrogens is 170 g/mol. The second-order valence-corrected chi connectivity index (χ2v) is 2.66. The number of rotatable bonds is 4. The van der Waals surface area contributed by atoms with Gasteiger partial charge in [0, 0.05) is 19.8 Å². The highest BCUT2D eigenvalue weighted by atomic mass is 16.5. The van der Waals surface area contributed by atoms with Crippen LogP contribution in [-0.4, -0.2) is 29.4 Å². The Balaban J connectivity index is 2.24. The predicted molar refractivity (Wildman–Crippen MR) is 48.3 cm³/mol. The fraction of sp³-hybridized carbons (Fsp3) is 0.500. The molecule has 0 spiro atoms. The van der Waals surface area contributed by atoms with Gasteiger partial charge in [0.05, 0.1) is 25.4 Å². The minimum absolute atomic E-state index is 0.212. The number of ether oxygens (including phenoxy) is 1. The molecule has 0 atom stereocenters. The molecule has 0 saturated heterocycles. The Hall–Kier alpha value is -1.52. The lowest BCUT2D eigenvalue weighted by Gasteiger charge is -2.00. The zero-order chi connectivity index (χ0) is 9.68. The molecule has 13 heavy (non-hydrogen) atoms. The first-order valence-electron chi connectivity index (χ1n) is 4.01. The van der Waals surface area contributed by atoms with E-state index in [4.69, 9.17) is 0 Å². The Morgan fingerprint density at radius 3 is 3.08 bits per heavy atom. The van der Waals surface area contributed by atoms with Crippen LogP contribution in [0.3, 0.4) is 0 Å². The molecule has 0 aliphatic heterocycles. The molecule has 1 aromatic rings. The number of anilines is 1. The van der Waals surface area contributed by atoms with Crippen LogP contribution in [0, 0.1) is 0 Å². The smallest absolute Gasteiger partial charge is 0.307 e. The maximum absolute atomic E-state index is 10.7. The zero-order valence-corrected chi connectivity index (χ0v) is 7.78. The van der Waals surface area contributed by atoms with Crippen LogP contribution in [-0.2, 0) is 16.6 Å². The summed E-state index contributed by atoms with van der Waals surface area (Å²) in [5.41, 5.74) is 0.909. The molecule has 0 saturated carbocycles. The first-order valence-corrected chi connectivity index (χ1v) is 4.01. The normalized spacial score (nSPS) is 9.69. The van der Waals surface area contributed by atoms with Gasteiger partial charge >= 0.3 is 5.97 Å². The van der Waals surface area contributed by atoms with Crippen LogP contribution in [0.25, 0.3) is 0 Å². The second kappa shape index (κ2) is 4.49. The molecule has 0 amide bonds. The zero-order valence-electron chi connectivity index (χ0n) is 7.78. The number of nitrogens with zero attached hydrogens (tertiary/aromatic N) is 2. The Kier molecular flexibility index (Phi) is 3.31. The largest absolute Gasteiger partial charge is 0.469 e. The number of hydrogen-bond donors (Lipinski definition) is 1. The standard InChI is InChI=1S/C8H13N3O2/c1-11-6-7(5-10-11)9-4-3-8(12)13-2/h5-6,9H,3-4H2,1-2H3. The fourth-order valence-electron chi connectivity index (χ4n) is 0.923. The number of aryl methyl sites for hydroxylation is 1. The van der Waals surface area contributed by atoms with Crippen molar-refractivity contribution in [2.45, 2.75) is 6.42 Å². The van der Waals surface area contributed by atoms with Gasteiger partial charge in [-0.25, -0.2) is 0 Å². The van der Waals surface area contributed by atoms with Crippen molar-refractivity contribution in [1.29, 1.82) is 0 Å². The molecule has 5 heteroatoms. The number of carbonyl (C=O) groups is 1. The lowest BCUT2D eigenvalue weighted by molar-refractivity contribution is -0.140. The van der Waals surface area contributed by atoms with Gasteiger partial charge in [-0.2, -0.15) is 5.10 Å². The Labute approximate surface area is 76.7 Å². The van der Waals surface area contributed by atoms with Crippen molar-refractivity contribution in [2.24, 2.45) is 7.05 Å². The van der Waals surface area contributed by atoms with Crippen molar-refractivity contribution in [3.8, 4) is 0 Å². The van der Waals surface area contributed by atoms with Crippen LogP contribution in [0.2, 0.25) is 0 Å². The SMILES string of the molecule is COC(=O)CCNc1cnn(C)c1. The van der Waals surface area contributed by atoms with Crippen LogP contribution < -0.4 is 5.32 Å². The van der Waals surface area contributed by atoms with E-state index in [-0.39, 0.29) is 5.97 Å². The molecule has 0 bridgehead atoms. The molecule has 1 aromatic heterocycles. The third kappa shape index (κ3) is 3.14. The van der Waals surface area contributed by atoms with E-state index in [9.17, 15) is 4.79 Å². The van der Waals surface area contributed by atoms with E-state index in [1.54, 1.807) is 10.9 Å². The summed E-state index contributed by atoms with van der Waals surface area (Å²) in [5.74, 6) is -0.212. The molecule has 5 nitrogen and oxygen atoms in total. The molecule has 0 radical (unpaired) electrons. The van der Waals surface area contributed by atoms with Gasteiger partial charge in [0.2, 0.25) is 0 Å². The average molecular weight is 183 g/mol. The molecule has 72 valence electrons. The second-order valence-electron chi connectivity index (χ2n) is 2.66. The predicted octanol–water partition coefficient (Wildman–Crippen LogP) is 0.395. The maximum Gasteiger partial charge on any atom is 0.307 e.